The van der Waals surface area contributed by atoms with Gasteiger partial charge in [0.1, 0.15) is 6.04 Å². The predicted molar refractivity (Wildman–Crippen MR) is 79.6 cm³/mol. The van der Waals surface area contributed by atoms with Gasteiger partial charge < -0.3 is 20.2 Å². The average molecular weight is 273 g/mol. The molecule has 1 unspecified atom stereocenters. The molecule has 0 aromatic carbocycles. The van der Waals surface area contributed by atoms with E-state index in [0.29, 0.717) is 6.42 Å². The van der Waals surface area contributed by atoms with Crippen LogP contribution in [0.5, 0.6) is 0 Å². The molecule has 0 aliphatic heterocycles. The first-order valence-corrected chi connectivity index (χ1v) is 7.43. The van der Waals surface area contributed by atoms with E-state index in [1.54, 1.807) is 7.05 Å². The zero-order valence-corrected chi connectivity index (χ0v) is 13.0. The quantitative estimate of drug-likeness (QED) is 0.558. The van der Waals surface area contributed by atoms with Crippen molar-refractivity contribution in [3.05, 3.63) is 0 Å². The van der Waals surface area contributed by atoms with E-state index in [0.717, 1.165) is 45.7 Å². The summed E-state index contributed by atoms with van der Waals surface area (Å²) in [6.45, 7) is 12.7. The van der Waals surface area contributed by atoms with E-state index >= 15 is 0 Å². The van der Waals surface area contributed by atoms with Gasteiger partial charge in [-0.15, -0.1) is 0 Å². The summed E-state index contributed by atoms with van der Waals surface area (Å²) in [5, 5.41) is 11.8. The summed E-state index contributed by atoms with van der Waals surface area (Å²) in [7, 11) is 1.70. The maximum atomic E-state index is 10.9. The highest BCUT2D eigenvalue weighted by molar-refractivity contribution is 5.73. The molecule has 0 spiro atoms. The van der Waals surface area contributed by atoms with Crippen molar-refractivity contribution in [2.45, 2.75) is 39.7 Å². The third-order valence-corrected chi connectivity index (χ3v) is 3.67. The Kier molecular flexibility index (Phi) is 10.8. The monoisotopic (exact) mass is 273 g/mol. The Balaban J connectivity index is 3.91. The third kappa shape index (κ3) is 8.18. The van der Waals surface area contributed by atoms with E-state index in [9.17, 15) is 4.79 Å². The topological polar surface area (TPSA) is 55.8 Å². The van der Waals surface area contributed by atoms with E-state index in [1.165, 1.54) is 0 Å². The number of carbonyl (C=O) groups is 1. The van der Waals surface area contributed by atoms with Gasteiger partial charge in [-0.2, -0.15) is 0 Å². The van der Waals surface area contributed by atoms with Gasteiger partial charge in [0.25, 0.3) is 0 Å². The highest BCUT2D eigenvalue weighted by atomic mass is 16.4. The van der Waals surface area contributed by atoms with Gasteiger partial charge in [-0.3, -0.25) is 4.79 Å². The van der Waals surface area contributed by atoms with Crippen molar-refractivity contribution in [1.29, 1.82) is 0 Å². The van der Waals surface area contributed by atoms with Gasteiger partial charge in [-0.1, -0.05) is 20.8 Å². The second-order valence-corrected chi connectivity index (χ2v) is 4.78. The molecule has 0 rings (SSSR count). The molecule has 5 nitrogen and oxygen atoms in total. The molecule has 0 amide bonds. The van der Waals surface area contributed by atoms with Gasteiger partial charge in [0, 0.05) is 6.54 Å². The average Bonchev–Trinajstić information content (AvgIpc) is 2.41. The highest BCUT2D eigenvalue weighted by Crippen LogP contribution is 2.00. The van der Waals surface area contributed by atoms with Gasteiger partial charge >= 0.3 is 5.97 Å². The van der Waals surface area contributed by atoms with Crippen LogP contribution in [-0.4, -0.2) is 73.2 Å². The van der Waals surface area contributed by atoms with Crippen molar-refractivity contribution < 1.29 is 9.90 Å². The van der Waals surface area contributed by atoms with Crippen LogP contribution in [0.25, 0.3) is 0 Å². The molecule has 0 fully saturated rings. The van der Waals surface area contributed by atoms with Crippen LogP contribution in [-0.2, 0) is 4.79 Å². The van der Waals surface area contributed by atoms with Crippen LogP contribution >= 0.6 is 0 Å². The maximum Gasteiger partial charge on any atom is 0.320 e. The molecule has 2 N–H and O–H groups in total. The fourth-order valence-corrected chi connectivity index (χ4v) is 2.19. The number of rotatable bonds is 12. The van der Waals surface area contributed by atoms with Crippen LogP contribution < -0.4 is 5.32 Å². The molecule has 0 saturated carbocycles. The number of aliphatic carboxylic acids is 1. The Morgan fingerprint density at radius 3 is 2.00 bits per heavy atom. The van der Waals surface area contributed by atoms with Crippen LogP contribution in [0.1, 0.15) is 33.6 Å². The van der Waals surface area contributed by atoms with Crippen molar-refractivity contribution >= 4 is 5.97 Å². The van der Waals surface area contributed by atoms with Crippen LogP contribution in [0.2, 0.25) is 0 Å². The first-order valence-electron chi connectivity index (χ1n) is 7.43. The molecule has 0 heterocycles. The van der Waals surface area contributed by atoms with E-state index in [-0.39, 0.29) is 0 Å². The number of likely N-dealkylation sites (N-methyl/N-ethyl adjacent to an activating group) is 1. The molecule has 0 radical (unpaired) electrons. The fraction of sp³-hybridized carbons (Fsp3) is 0.929. The lowest BCUT2D eigenvalue weighted by Gasteiger charge is -2.24. The number of hydrogen-bond donors (Lipinski definition) is 2. The van der Waals surface area contributed by atoms with Crippen molar-refractivity contribution in [3.63, 3.8) is 0 Å². The largest absolute Gasteiger partial charge is 0.480 e. The third-order valence-electron chi connectivity index (χ3n) is 3.67. The Bertz CT molecular complexity index is 233. The van der Waals surface area contributed by atoms with E-state index in [2.05, 4.69) is 35.9 Å². The van der Waals surface area contributed by atoms with Crippen LogP contribution in [0.3, 0.4) is 0 Å². The molecule has 0 saturated heterocycles. The Labute approximate surface area is 118 Å². The van der Waals surface area contributed by atoms with Gasteiger partial charge in [0.15, 0.2) is 0 Å². The van der Waals surface area contributed by atoms with E-state index < -0.39 is 12.0 Å². The summed E-state index contributed by atoms with van der Waals surface area (Å²) in [6.07, 6.45) is 1.80. The predicted octanol–water partition coefficient (Wildman–Crippen LogP) is 1.10. The highest BCUT2D eigenvalue weighted by Gasteiger charge is 2.15. The summed E-state index contributed by atoms with van der Waals surface area (Å²) >= 11 is 0. The SMILES string of the molecule is CCN(CC)CCCN(CC)CCC(NC)C(=O)O. The minimum atomic E-state index is -0.762. The fourth-order valence-electron chi connectivity index (χ4n) is 2.19. The molecular weight excluding hydrogens is 242 g/mol. The molecule has 19 heavy (non-hydrogen) atoms. The van der Waals surface area contributed by atoms with Crippen molar-refractivity contribution in [2.24, 2.45) is 0 Å². The molecule has 114 valence electrons. The van der Waals surface area contributed by atoms with Crippen LogP contribution in [0.15, 0.2) is 0 Å². The van der Waals surface area contributed by atoms with Crippen molar-refractivity contribution in [1.82, 2.24) is 15.1 Å². The number of carboxylic acid groups (broad SMARTS) is 1. The van der Waals surface area contributed by atoms with Crippen LogP contribution in [0, 0.1) is 0 Å². The van der Waals surface area contributed by atoms with Gasteiger partial charge in [-0.05, 0) is 52.6 Å². The molecule has 0 aliphatic carbocycles. The molecule has 0 aliphatic rings. The number of hydrogen-bond acceptors (Lipinski definition) is 4. The van der Waals surface area contributed by atoms with Gasteiger partial charge in [0.05, 0.1) is 0 Å². The molecule has 1 atom stereocenters. The second kappa shape index (κ2) is 11.2. The lowest BCUT2D eigenvalue weighted by molar-refractivity contribution is -0.139. The zero-order valence-electron chi connectivity index (χ0n) is 13.0. The lowest BCUT2D eigenvalue weighted by atomic mass is 10.2. The first kappa shape index (κ1) is 18.4. The number of nitrogens with zero attached hydrogens (tertiary/aromatic N) is 2. The summed E-state index contributed by atoms with van der Waals surface area (Å²) < 4.78 is 0. The smallest absolute Gasteiger partial charge is 0.320 e. The Morgan fingerprint density at radius 2 is 1.58 bits per heavy atom. The zero-order chi connectivity index (χ0) is 14.7. The van der Waals surface area contributed by atoms with Crippen molar-refractivity contribution in [2.75, 3.05) is 46.3 Å². The molecule has 0 bridgehead atoms. The maximum absolute atomic E-state index is 10.9. The summed E-state index contributed by atoms with van der Waals surface area (Å²) in [5.74, 6) is -0.762. The Morgan fingerprint density at radius 1 is 1.05 bits per heavy atom. The summed E-state index contributed by atoms with van der Waals surface area (Å²) in [6, 6.07) is -0.433. The first-order chi connectivity index (χ1) is 9.08. The summed E-state index contributed by atoms with van der Waals surface area (Å²) in [5.41, 5.74) is 0. The number of nitrogens with one attached hydrogen (secondary N) is 1. The van der Waals surface area contributed by atoms with Crippen molar-refractivity contribution in [3.8, 4) is 0 Å². The van der Waals surface area contributed by atoms with Gasteiger partial charge in [0.2, 0.25) is 0 Å². The summed E-state index contributed by atoms with van der Waals surface area (Å²) in [4.78, 5) is 15.7. The second-order valence-electron chi connectivity index (χ2n) is 4.78. The minimum Gasteiger partial charge on any atom is -0.480 e. The number of carboxylic acids is 1. The van der Waals surface area contributed by atoms with E-state index in [1.807, 2.05) is 0 Å². The van der Waals surface area contributed by atoms with Crippen LogP contribution in [0.4, 0.5) is 0 Å². The molecule has 5 heteroatoms. The molecule has 0 aromatic rings. The normalized spacial score (nSPS) is 13.2. The van der Waals surface area contributed by atoms with E-state index in [4.69, 9.17) is 5.11 Å². The standard InChI is InChI=1S/C14H31N3O2/c1-5-16(6-2)10-8-11-17(7-3)12-9-13(15-4)14(18)19/h13,15H,5-12H2,1-4H3,(H,18,19). The molecular formula is C14H31N3O2. The minimum absolute atomic E-state index is 0.433. The lowest BCUT2D eigenvalue weighted by Crippen LogP contribution is -2.38. The molecule has 0 aromatic heterocycles. The van der Waals surface area contributed by atoms with Gasteiger partial charge in [-0.25, -0.2) is 0 Å². The Hall–Kier alpha value is -0.650.